The van der Waals surface area contributed by atoms with Crippen molar-refractivity contribution >= 4 is 15.9 Å². The molecule has 0 N–H and O–H groups in total. The lowest BCUT2D eigenvalue weighted by molar-refractivity contribution is -0.137. The van der Waals surface area contributed by atoms with Crippen molar-refractivity contribution in [2.24, 2.45) is 0 Å². The Kier molecular flexibility index (Phi) is 3.04. The summed E-state index contributed by atoms with van der Waals surface area (Å²) in [5.74, 6) is -1.19. The molecule has 14 heavy (non-hydrogen) atoms. The average molecular weight is 273 g/mol. The molecule has 0 aliphatic heterocycles. The Morgan fingerprint density at radius 1 is 1.29 bits per heavy atom. The van der Waals surface area contributed by atoms with Crippen molar-refractivity contribution in [2.75, 3.05) is 7.11 Å². The van der Waals surface area contributed by atoms with Crippen LogP contribution >= 0.6 is 15.9 Å². The highest BCUT2D eigenvalue weighted by atomic mass is 79.9. The van der Waals surface area contributed by atoms with Crippen molar-refractivity contribution in [2.45, 2.75) is 6.18 Å². The van der Waals surface area contributed by atoms with Crippen LogP contribution in [0.5, 0.6) is 5.75 Å². The number of methoxy groups -OCH3 is 1. The van der Waals surface area contributed by atoms with Gasteiger partial charge < -0.3 is 4.74 Å². The topological polar surface area (TPSA) is 9.23 Å². The predicted molar refractivity (Wildman–Crippen MR) is 45.7 cm³/mol. The van der Waals surface area contributed by atoms with Gasteiger partial charge in [0.05, 0.1) is 17.1 Å². The molecule has 0 spiro atoms. The fourth-order valence-corrected chi connectivity index (χ4v) is 1.27. The Bertz CT molecular complexity index is 348. The number of ether oxygens (including phenoxy) is 1. The second-order valence-electron chi connectivity index (χ2n) is 2.47. The van der Waals surface area contributed by atoms with E-state index in [1.165, 1.54) is 7.11 Å². The summed E-state index contributed by atoms with van der Waals surface area (Å²) in [7, 11) is 1.17. The quantitative estimate of drug-likeness (QED) is 0.710. The van der Waals surface area contributed by atoms with Crippen LogP contribution in [0.4, 0.5) is 17.6 Å². The van der Waals surface area contributed by atoms with Gasteiger partial charge in [0.15, 0.2) is 0 Å². The molecule has 0 unspecified atom stereocenters. The maximum absolute atomic E-state index is 12.9. The van der Waals surface area contributed by atoms with Gasteiger partial charge in [0, 0.05) is 0 Å². The highest BCUT2D eigenvalue weighted by Crippen LogP contribution is 2.36. The SMILES string of the molecule is COc1cc(C(F)(F)F)cc(F)c1Br. The monoisotopic (exact) mass is 272 g/mol. The summed E-state index contributed by atoms with van der Waals surface area (Å²) in [6.45, 7) is 0. The molecular weight excluding hydrogens is 268 g/mol. The zero-order valence-electron chi connectivity index (χ0n) is 6.95. The van der Waals surface area contributed by atoms with Crippen molar-refractivity contribution in [3.63, 3.8) is 0 Å². The highest BCUT2D eigenvalue weighted by Gasteiger charge is 2.32. The minimum atomic E-state index is -4.57. The fraction of sp³-hybridized carbons (Fsp3) is 0.250. The third kappa shape index (κ3) is 2.17. The molecule has 1 rings (SSSR count). The molecule has 6 heteroatoms. The number of alkyl halides is 3. The first-order valence-electron chi connectivity index (χ1n) is 3.46. The summed E-state index contributed by atoms with van der Waals surface area (Å²) >= 11 is 2.77. The summed E-state index contributed by atoms with van der Waals surface area (Å²) in [6.07, 6.45) is -4.57. The minimum Gasteiger partial charge on any atom is -0.495 e. The van der Waals surface area contributed by atoms with Gasteiger partial charge in [0.25, 0.3) is 0 Å². The van der Waals surface area contributed by atoms with Gasteiger partial charge in [-0.25, -0.2) is 4.39 Å². The zero-order valence-corrected chi connectivity index (χ0v) is 8.54. The van der Waals surface area contributed by atoms with Crippen LogP contribution < -0.4 is 4.74 Å². The first-order valence-corrected chi connectivity index (χ1v) is 4.25. The van der Waals surface area contributed by atoms with Crippen LogP contribution in [0.15, 0.2) is 16.6 Å². The first-order chi connectivity index (χ1) is 6.36. The fourth-order valence-electron chi connectivity index (χ4n) is 0.876. The van der Waals surface area contributed by atoms with Crippen molar-refractivity contribution in [3.8, 4) is 5.75 Å². The maximum atomic E-state index is 12.9. The Hall–Kier alpha value is -0.780. The van der Waals surface area contributed by atoms with E-state index in [1.807, 2.05) is 0 Å². The normalized spacial score (nSPS) is 11.6. The van der Waals surface area contributed by atoms with Gasteiger partial charge in [-0.3, -0.25) is 0 Å². The Balaban J connectivity index is 3.30. The van der Waals surface area contributed by atoms with Crippen molar-refractivity contribution < 1.29 is 22.3 Å². The van der Waals surface area contributed by atoms with E-state index >= 15 is 0 Å². The van der Waals surface area contributed by atoms with E-state index in [0.29, 0.717) is 6.07 Å². The Morgan fingerprint density at radius 3 is 2.29 bits per heavy atom. The predicted octanol–water partition coefficient (Wildman–Crippen LogP) is 3.62. The number of rotatable bonds is 1. The highest BCUT2D eigenvalue weighted by molar-refractivity contribution is 9.10. The lowest BCUT2D eigenvalue weighted by Gasteiger charge is -2.10. The summed E-state index contributed by atoms with van der Waals surface area (Å²) in [5.41, 5.74) is -1.07. The van der Waals surface area contributed by atoms with Gasteiger partial charge in [-0.2, -0.15) is 13.2 Å². The molecule has 78 valence electrons. The van der Waals surface area contributed by atoms with Gasteiger partial charge >= 0.3 is 6.18 Å². The van der Waals surface area contributed by atoms with Crippen molar-refractivity contribution in [1.82, 2.24) is 0 Å². The molecule has 0 saturated heterocycles. The lowest BCUT2D eigenvalue weighted by atomic mass is 10.2. The molecule has 0 radical (unpaired) electrons. The van der Waals surface area contributed by atoms with Crippen LogP contribution in [0.1, 0.15) is 5.56 Å². The summed E-state index contributed by atoms with van der Waals surface area (Å²) in [6, 6.07) is 1.14. The molecule has 0 aliphatic carbocycles. The molecule has 1 aromatic rings. The maximum Gasteiger partial charge on any atom is 0.416 e. The largest absolute Gasteiger partial charge is 0.495 e. The van der Waals surface area contributed by atoms with Crippen LogP contribution in [-0.4, -0.2) is 7.11 Å². The van der Waals surface area contributed by atoms with E-state index in [1.54, 1.807) is 0 Å². The lowest BCUT2D eigenvalue weighted by Crippen LogP contribution is -2.06. The molecule has 1 aromatic carbocycles. The van der Waals surface area contributed by atoms with E-state index in [0.717, 1.165) is 6.07 Å². The molecule has 0 saturated carbocycles. The second-order valence-corrected chi connectivity index (χ2v) is 3.27. The van der Waals surface area contributed by atoms with Gasteiger partial charge in [0.2, 0.25) is 0 Å². The molecule has 0 atom stereocenters. The molecular formula is C8H5BrF4O. The number of hydrogen-bond acceptors (Lipinski definition) is 1. The summed E-state index contributed by atoms with van der Waals surface area (Å²) in [4.78, 5) is 0. The zero-order chi connectivity index (χ0) is 10.9. The van der Waals surface area contributed by atoms with Crippen molar-refractivity contribution in [3.05, 3.63) is 28.0 Å². The molecule has 0 amide bonds. The minimum absolute atomic E-state index is 0.118. The van der Waals surface area contributed by atoms with E-state index in [2.05, 4.69) is 20.7 Å². The number of halogens is 5. The van der Waals surface area contributed by atoms with Crippen molar-refractivity contribution in [1.29, 1.82) is 0 Å². The van der Waals surface area contributed by atoms with E-state index in [-0.39, 0.29) is 10.2 Å². The van der Waals surface area contributed by atoms with Gasteiger partial charge in [0.1, 0.15) is 11.6 Å². The summed E-state index contributed by atoms with van der Waals surface area (Å²) in [5, 5.41) is 0. The molecule has 0 fully saturated rings. The third-order valence-corrected chi connectivity index (χ3v) is 2.31. The van der Waals surface area contributed by atoms with Crippen LogP contribution in [0.3, 0.4) is 0 Å². The van der Waals surface area contributed by atoms with Gasteiger partial charge in [-0.15, -0.1) is 0 Å². The van der Waals surface area contributed by atoms with E-state index in [9.17, 15) is 17.6 Å². The van der Waals surface area contributed by atoms with E-state index in [4.69, 9.17) is 0 Å². The molecule has 0 heterocycles. The first kappa shape index (κ1) is 11.3. The Morgan fingerprint density at radius 2 is 1.86 bits per heavy atom. The third-order valence-electron chi connectivity index (χ3n) is 1.54. The molecule has 1 nitrogen and oxygen atoms in total. The van der Waals surface area contributed by atoms with Crippen LogP contribution in [0, 0.1) is 5.82 Å². The van der Waals surface area contributed by atoms with Gasteiger partial charge in [-0.1, -0.05) is 0 Å². The molecule has 0 bridgehead atoms. The number of hydrogen-bond donors (Lipinski definition) is 0. The summed E-state index contributed by atoms with van der Waals surface area (Å²) < 4.78 is 53.9. The molecule has 0 aliphatic rings. The van der Waals surface area contributed by atoms with Gasteiger partial charge in [-0.05, 0) is 28.1 Å². The smallest absolute Gasteiger partial charge is 0.416 e. The van der Waals surface area contributed by atoms with Crippen LogP contribution in [-0.2, 0) is 6.18 Å². The van der Waals surface area contributed by atoms with Crippen LogP contribution in [0.2, 0.25) is 0 Å². The molecule has 0 aromatic heterocycles. The average Bonchev–Trinajstić information content (AvgIpc) is 2.07. The number of benzene rings is 1. The van der Waals surface area contributed by atoms with E-state index < -0.39 is 17.6 Å². The Labute approximate surface area is 85.8 Å². The standard InChI is InChI=1S/C8H5BrF4O/c1-14-6-3-4(8(11,12)13)2-5(10)7(6)9/h2-3H,1H3. The second kappa shape index (κ2) is 3.76. The van der Waals surface area contributed by atoms with Crippen LogP contribution in [0.25, 0.3) is 0 Å².